The van der Waals surface area contributed by atoms with Gasteiger partial charge < -0.3 is 16.3 Å². The molecule has 1 fully saturated rings. The zero-order valence-electron chi connectivity index (χ0n) is 10.9. The van der Waals surface area contributed by atoms with Crippen molar-refractivity contribution in [2.24, 2.45) is 16.8 Å². The number of amidine groups is 1. The van der Waals surface area contributed by atoms with E-state index < -0.39 is 5.82 Å². The lowest BCUT2D eigenvalue weighted by molar-refractivity contribution is 0.292. The summed E-state index contributed by atoms with van der Waals surface area (Å²) in [5.41, 5.74) is 6.10. The molecule has 0 aliphatic heterocycles. The highest BCUT2D eigenvalue weighted by atomic mass is 19.1. The summed E-state index contributed by atoms with van der Waals surface area (Å²) >= 11 is 0. The summed E-state index contributed by atoms with van der Waals surface area (Å²) in [5.74, 6) is 0.226. The Labute approximate surface area is 112 Å². The largest absolute Gasteiger partial charge is 0.409 e. The van der Waals surface area contributed by atoms with E-state index in [1.165, 1.54) is 25.3 Å². The highest BCUT2D eigenvalue weighted by Gasteiger charge is 2.16. The van der Waals surface area contributed by atoms with Gasteiger partial charge in [-0.15, -0.1) is 0 Å². The van der Waals surface area contributed by atoms with Crippen LogP contribution >= 0.6 is 0 Å². The molecule has 104 valence electrons. The second kappa shape index (κ2) is 6.52. The smallest absolute Gasteiger partial charge is 0.173 e. The molecule has 0 amide bonds. The predicted octanol–water partition coefficient (Wildman–Crippen LogP) is 2.20. The molecular formula is C14H20FN3O. The normalized spacial score (nSPS) is 16.4. The van der Waals surface area contributed by atoms with Gasteiger partial charge in [0, 0.05) is 12.1 Å². The molecule has 4 N–H and O–H groups in total. The number of nitrogens with one attached hydrogen (secondary N) is 1. The molecule has 0 aromatic heterocycles. The lowest BCUT2D eigenvalue weighted by Gasteiger charge is -2.25. The number of halogens is 1. The van der Waals surface area contributed by atoms with Gasteiger partial charge in [-0.2, -0.15) is 0 Å². The fourth-order valence-electron chi connectivity index (χ4n) is 2.28. The molecule has 0 bridgehead atoms. The van der Waals surface area contributed by atoms with Crippen LogP contribution in [0.2, 0.25) is 0 Å². The van der Waals surface area contributed by atoms with Crippen molar-refractivity contribution in [3.05, 3.63) is 35.1 Å². The van der Waals surface area contributed by atoms with Crippen LogP contribution in [0.1, 0.15) is 36.8 Å². The van der Waals surface area contributed by atoms with Crippen molar-refractivity contribution in [1.29, 1.82) is 0 Å². The van der Waals surface area contributed by atoms with E-state index in [0.29, 0.717) is 12.1 Å². The van der Waals surface area contributed by atoms with E-state index in [1.54, 1.807) is 12.1 Å². The summed E-state index contributed by atoms with van der Waals surface area (Å²) in [6.07, 6.45) is 5.16. The van der Waals surface area contributed by atoms with E-state index in [-0.39, 0.29) is 11.4 Å². The zero-order valence-corrected chi connectivity index (χ0v) is 10.9. The Morgan fingerprint density at radius 1 is 1.47 bits per heavy atom. The van der Waals surface area contributed by atoms with Crippen molar-refractivity contribution in [2.75, 3.05) is 6.54 Å². The van der Waals surface area contributed by atoms with Gasteiger partial charge in [-0.3, -0.25) is 0 Å². The van der Waals surface area contributed by atoms with Crippen LogP contribution in [0.25, 0.3) is 0 Å². The molecule has 0 saturated heterocycles. The van der Waals surface area contributed by atoms with Crippen molar-refractivity contribution >= 4 is 5.84 Å². The lowest BCUT2D eigenvalue weighted by atomic mass is 9.83. The van der Waals surface area contributed by atoms with Gasteiger partial charge in [0.15, 0.2) is 5.84 Å². The van der Waals surface area contributed by atoms with Crippen molar-refractivity contribution in [2.45, 2.75) is 32.2 Å². The van der Waals surface area contributed by atoms with Crippen LogP contribution in [0.5, 0.6) is 0 Å². The Morgan fingerprint density at radius 2 is 2.26 bits per heavy atom. The van der Waals surface area contributed by atoms with Crippen molar-refractivity contribution in [3.8, 4) is 0 Å². The van der Waals surface area contributed by atoms with Gasteiger partial charge in [0.25, 0.3) is 0 Å². The lowest BCUT2D eigenvalue weighted by Crippen LogP contribution is -2.22. The molecule has 1 aromatic rings. The average molecular weight is 265 g/mol. The molecular weight excluding hydrogens is 245 g/mol. The molecule has 0 atom stereocenters. The highest BCUT2D eigenvalue weighted by Crippen LogP contribution is 2.28. The molecule has 2 rings (SSSR count). The number of hydrogen-bond acceptors (Lipinski definition) is 3. The Bertz CT molecular complexity index is 458. The maximum absolute atomic E-state index is 14.1. The SMILES string of the molecule is N/C(=N/O)c1cccc(CNCCC2CCC2)c1F. The third-order valence-corrected chi connectivity index (χ3v) is 3.73. The molecule has 0 unspecified atom stereocenters. The maximum atomic E-state index is 14.1. The van der Waals surface area contributed by atoms with Crippen LogP contribution in [0.3, 0.4) is 0 Å². The van der Waals surface area contributed by atoms with Gasteiger partial charge in [0.2, 0.25) is 0 Å². The number of oxime groups is 1. The van der Waals surface area contributed by atoms with Gasteiger partial charge in [-0.25, -0.2) is 4.39 Å². The minimum absolute atomic E-state index is 0.140. The molecule has 0 spiro atoms. The van der Waals surface area contributed by atoms with Crippen LogP contribution in [0, 0.1) is 11.7 Å². The number of benzene rings is 1. The quantitative estimate of drug-likeness (QED) is 0.243. The Balaban J connectivity index is 1.88. The van der Waals surface area contributed by atoms with E-state index in [4.69, 9.17) is 10.9 Å². The summed E-state index contributed by atoms with van der Waals surface area (Å²) in [6.45, 7) is 1.36. The second-order valence-electron chi connectivity index (χ2n) is 5.03. The third-order valence-electron chi connectivity index (χ3n) is 3.73. The molecule has 5 heteroatoms. The molecule has 4 nitrogen and oxygen atoms in total. The Hall–Kier alpha value is -1.62. The van der Waals surface area contributed by atoms with Crippen molar-refractivity contribution in [3.63, 3.8) is 0 Å². The maximum Gasteiger partial charge on any atom is 0.173 e. The van der Waals surface area contributed by atoms with E-state index in [0.717, 1.165) is 18.9 Å². The van der Waals surface area contributed by atoms with Crippen molar-refractivity contribution in [1.82, 2.24) is 5.32 Å². The minimum atomic E-state index is -0.422. The van der Waals surface area contributed by atoms with Crippen LogP contribution < -0.4 is 11.1 Å². The molecule has 1 saturated carbocycles. The van der Waals surface area contributed by atoms with E-state index in [9.17, 15) is 4.39 Å². The zero-order chi connectivity index (χ0) is 13.7. The second-order valence-corrected chi connectivity index (χ2v) is 5.03. The van der Waals surface area contributed by atoms with Gasteiger partial charge >= 0.3 is 0 Å². The number of nitrogens with zero attached hydrogens (tertiary/aromatic N) is 1. The first-order chi connectivity index (χ1) is 9.22. The molecule has 1 aliphatic carbocycles. The van der Waals surface area contributed by atoms with Crippen LogP contribution in [-0.2, 0) is 6.54 Å². The number of rotatable bonds is 6. The topological polar surface area (TPSA) is 70.6 Å². The van der Waals surface area contributed by atoms with E-state index in [2.05, 4.69) is 10.5 Å². The standard InChI is InChI=1S/C14H20FN3O/c15-13-11(5-2-6-12(13)14(16)18-19)9-17-8-7-10-3-1-4-10/h2,5-6,10,17,19H,1,3-4,7-9H2,(H2,16,18). The van der Waals surface area contributed by atoms with Crippen LogP contribution in [-0.4, -0.2) is 17.6 Å². The summed E-state index contributed by atoms with van der Waals surface area (Å²) in [4.78, 5) is 0. The first-order valence-corrected chi connectivity index (χ1v) is 6.68. The minimum Gasteiger partial charge on any atom is -0.409 e. The Kier molecular flexibility index (Phi) is 4.74. The van der Waals surface area contributed by atoms with Crippen LogP contribution in [0.15, 0.2) is 23.4 Å². The Morgan fingerprint density at radius 3 is 2.89 bits per heavy atom. The van der Waals surface area contributed by atoms with Crippen LogP contribution in [0.4, 0.5) is 4.39 Å². The summed E-state index contributed by atoms with van der Waals surface area (Å²) in [7, 11) is 0. The van der Waals surface area contributed by atoms with Gasteiger partial charge in [0.05, 0.1) is 5.56 Å². The highest BCUT2D eigenvalue weighted by molar-refractivity contribution is 5.97. The number of nitrogens with two attached hydrogens (primary N) is 1. The molecule has 1 aliphatic rings. The molecule has 0 radical (unpaired) electrons. The molecule has 19 heavy (non-hydrogen) atoms. The first kappa shape index (κ1) is 13.8. The summed E-state index contributed by atoms with van der Waals surface area (Å²) < 4.78 is 14.1. The third kappa shape index (κ3) is 3.44. The average Bonchev–Trinajstić information content (AvgIpc) is 2.37. The first-order valence-electron chi connectivity index (χ1n) is 6.68. The van der Waals surface area contributed by atoms with E-state index >= 15 is 0 Å². The van der Waals surface area contributed by atoms with Gasteiger partial charge in [0.1, 0.15) is 5.82 Å². The fourth-order valence-corrected chi connectivity index (χ4v) is 2.28. The fraction of sp³-hybridized carbons (Fsp3) is 0.500. The summed E-state index contributed by atoms with van der Waals surface area (Å²) in [6, 6.07) is 4.92. The monoisotopic (exact) mass is 265 g/mol. The molecule has 0 heterocycles. The van der Waals surface area contributed by atoms with Gasteiger partial charge in [-0.05, 0) is 24.9 Å². The predicted molar refractivity (Wildman–Crippen MR) is 72.6 cm³/mol. The molecule has 1 aromatic carbocycles. The van der Waals surface area contributed by atoms with E-state index in [1.807, 2.05) is 0 Å². The summed E-state index contributed by atoms with van der Waals surface area (Å²) in [5, 5.41) is 14.7. The van der Waals surface area contributed by atoms with Crippen molar-refractivity contribution < 1.29 is 9.60 Å². The number of hydrogen-bond donors (Lipinski definition) is 3. The van der Waals surface area contributed by atoms with Gasteiger partial charge in [-0.1, -0.05) is 36.6 Å².